The molecule has 0 spiro atoms. The predicted octanol–water partition coefficient (Wildman–Crippen LogP) is -2.41. The quantitative estimate of drug-likeness (QED) is 0.0536. The lowest BCUT2D eigenvalue weighted by Gasteiger charge is -2.51. The molecule has 0 unspecified atom stereocenters. The van der Waals surface area contributed by atoms with Gasteiger partial charge in [-0.3, -0.25) is 9.59 Å². The summed E-state index contributed by atoms with van der Waals surface area (Å²) in [6, 6.07) is 23.2. The minimum absolute atomic E-state index is 0.227. The maximum Gasteiger partial charge on any atom is 0.251 e. The minimum Gasteiger partial charge on any atom is -0.387 e. The van der Waals surface area contributed by atoms with E-state index in [0.717, 1.165) is 22.3 Å². The highest BCUT2D eigenvalue weighted by atomic mass is 16.8. The molecule has 0 aliphatic carbocycles. The highest BCUT2D eigenvalue weighted by Gasteiger charge is 2.61. The third kappa shape index (κ3) is 31.8. The Balaban J connectivity index is 0.000000320. The first-order valence-corrected chi connectivity index (χ1v) is 47.1. The van der Waals surface area contributed by atoms with Crippen LogP contribution in [-0.2, 0) is 184 Å². The number of ether oxygens (including phenoxy) is 36. The molecule has 20 bridgehead atoms. The van der Waals surface area contributed by atoms with Crippen LogP contribution in [0.5, 0.6) is 0 Å². The van der Waals surface area contributed by atoms with Crippen LogP contribution in [-0.4, -0.2) is 514 Å². The number of nitrogens with one attached hydrogen (secondary N) is 2. The van der Waals surface area contributed by atoms with Crippen LogP contribution in [0.3, 0.4) is 0 Å². The normalized spacial score (nSPS) is 38.1. The van der Waals surface area contributed by atoms with Crippen molar-refractivity contribution in [1.29, 1.82) is 0 Å². The van der Waals surface area contributed by atoms with E-state index in [9.17, 15) is 45.3 Å². The average molecular weight is 2030 g/mol. The number of carbonyl (C=O) groups is 2. The first kappa shape index (κ1) is 116. The zero-order chi connectivity index (χ0) is 101. The topological polar surface area (TPSA) is 532 Å². The molecule has 9 N–H and O–H groups in total. The molecule has 21 fully saturated rings. The van der Waals surface area contributed by atoms with Gasteiger partial charge in [0.25, 0.3) is 11.8 Å². The van der Waals surface area contributed by atoms with Gasteiger partial charge in [-0.1, -0.05) is 48.5 Å². The van der Waals surface area contributed by atoms with E-state index >= 15 is 0 Å². The summed E-state index contributed by atoms with van der Waals surface area (Å²) in [6.45, 7) is 6.40. The number of carbonyl (C=O) groups excluding carboxylic acids is 2. The van der Waals surface area contributed by atoms with Crippen LogP contribution < -0.4 is 10.6 Å². The lowest BCUT2D eigenvalue weighted by atomic mass is 9.95. The Morgan fingerprint density at radius 2 is 0.390 bits per heavy atom. The van der Waals surface area contributed by atoms with E-state index in [-0.39, 0.29) is 58.1 Å². The summed E-state index contributed by atoms with van der Waals surface area (Å²) >= 11 is 0. The summed E-state index contributed by atoms with van der Waals surface area (Å²) in [5, 5.41) is 91.8. The van der Waals surface area contributed by atoms with Gasteiger partial charge in [0.1, 0.15) is 171 Å². The molecule has 3 aromatic rings. The maximum absolute atomic E-state index is 12.4. The van der Waals surface area contributed by atoms with Gasteiger partial charge < -0.3 is 217 Å². The van der Waals surface area contributed by atoms with E-state index in [4.69, 9.17) is 171 Å². The number of aliphatic hydroxyl groups excluding tert-OH is 7. The van der Waals surface area contributed by atoms with Crippen LogP contribution in [0, 0.1) is 0 Å². The van der Waals surface area contributed by atoms with Gasteiger partial charge in [0.2, 0.25) is 0 Å². The van der Waals surface area contributed by atoms with E-state index in [1.807, 2.05) is 0 Å². The van der Waals surface area contributed by atoms with Gasteiger partial charge in [-0.25, -0.2) is 0 Å². The summed E-state index contributed by atoms with van der Waals surface area (Å²) in [5.74, 6) is -0.476. The summed E-state index contributed by atoms with van der Waals surface area (Å²) in [4.78, 5) is 24.8. The summed E-state index contributed by atoms with van der Waals surface area (Å²) in [7, 11) is 18.7. The monoisotopic (exact) mass is 2020 g/mol. The van der Waals surface area contributed by atoms with Crippen LogP contribution in [0.25, 0.3) is 11.1 Å². The number of aliphatic hydroxyl groups is 7. The molecule has 47 heteroatoms. The Labute approximate surface area is 820 Å². The minimum atomic E-state index is -1.62. The van der Waals surface area contributed by atoms with Crippen LogP contribution in [0.15, 0.2) is 72.8 Å². The molecular formula is C94H148N2O45. The number of benzene rings is 3. The zero-order valence-electron chi connectivity index (χ0n) is 82.5. The molecule has 0 saturated carbocycles. The summed E-state index contributed by atoms with van der Waals surface area (Å²) in [5.41, 5.74) is 5.41. The van der Waals surface area contributed by atoms with Crippen LogP contribution in [0.4, 0.5) is 0 Å². The number of methoxy groups -OCH3 is 14. The van der Waals surface area contributed by atoms with Crippen molar-refractivity contribution in [2.45, 2.75) is 228 Å². The second-order valence-electron chi connectivity index (χ2n) is 34.3. The Hall–Kier alpha value is -5.12. The van der Waals surface area contributed by atoms with Gasteiger partial charge in [-0.2, -0.15) is 0 Å². The molecule has 2 amide bonds. The smallest absolute Gasteiger partial charge is 0.251 e. The fraction of sp³-hybridized carbons (Fsp3) is 0.787. The van der Waals surface area contributed by atoms with E-state index in [2.05, 4.69) is 59.2 Å². The van der Waals surface area contributed by atoms with Crippen molar-refractivity contribution in [3.63, 3.8) is 0 Å². The van der Waals surface area contributed by atoms with Crippen molar-refractivity contribution >= 4 is 11.8 Å². The molecule has 47 nitrogen and oxygen atoms in total. The second kappa shape index (κ2) is 61.1. The summed E-state index contributed by atoms with van der Waals surface area (Å²) in [6.07, 6.45) is -49.4. The van der Waals surface area contributed by atoms with Crippen molar-refractivity contribution in [2.24, 2.45) is 0 Å². The molecule has 27 aliphatic rings. The number of amides is 2. The molecule has 804 valence electrons. The largest absolute Gasteiger partial charge is 0.387 e. The molecule has 27 aliphatic heterocycles. The van der Waals surface area contributed by atoms with Crippen molar-refractivity contribution in [2.75, 3.05) is 251 Å². The lowest BCUT2D eigenvalue weighted by molar-refractivity contribution is -0.400. The van der Waals surface area contributed by atoms with Crippen molar-refractivity contribution in [3.8, 4) is 11.1 Å². The number of rotatable bonds is 21. The maximum atomic E-state index is 12.4. The second-order valence-corrected chi connectivity index (χ2v) is 34.3. The molecule has 3 aromatic carbocycles. The first-order valence-electron chi connectivity index (χ1n) is 47.1. The molecule has 30 rings (SSSR count). The van der Waals surface area contributed by atoms with Gasteiger partial charge in [-0.15, -0.1) is 0 Å². The van der Waals surface area contributed by atoms with Gasteiger partial charge in [0.05, 0.1) is 152 Å². The van der Waals surface area contributed by atoms with Gasteiger partial charge >= 0.3 is 0 Å². The van der Waals surface area contributed by atoms with Gasteiger partial charge in [0.15, 0.2) is 44.0 Å². The summed E-state index contributed by atoms with van der Waals surface area (Å²) < 4.78 is 216. The van der Waals surface area contributed by atoms with E-state index < -0.39 is 215 Å². The highest BCUT2D eigenvalue weighted by molar-refractivity contribution is 5.97. The Kier molecular flexibility index (Phi) is 50.4. The standard InChI is InChI=1S/C56H98O35.C38H50N2O10/c1-64-15-22-36-29(57)43(71-8)50(78-22)86-37-23(16-65-2)80-52(45(73-10)30(37)58)88-39-25(18-67-4)82-54(47(75-12)32(39)60)90-41-27(20-69-6)84-56(49(77-14)34(41)62)91-42-28(21-70-7)83-55(48(76-13)35(42)63)89-40-26(19-68-5)81-53(46(74-11)33(40)61)87-38-24(17-66-3)79-51(85-36)44(72-9)31(38)59;41-37-35-9-11-36(12-10-35)38(42)40-14-16-44-18-20-46-22-24-48-26-28-50-30-32-3-7-34(8-4-32)33-5-1-31(2-6-33)29-49-27-25-47-23-21-45-19-17-43-15-13-39-37/h22-63H,15-21H2,1-14H3;1-12H,13-30H2,(H,39,41)(H,40,42)/t22-,23-,24-,25-,26+,27+,28+,29-,30-,31-,32-,33-,34+,35-,36+,37+,38+,39+,40+,41+,42+,43+,44+,45+,46+,47+,48-,49-,50+,51+,52+,53+,54+,55+,56+;/m0./s1. The lowest BCUT2D eigenvalue weighted by Crippen LogP contribution is -2.69. The SMILES string of the molecule is COC[C@@H]1O[C@@H]2O[C@H]3[C@H](O)[C@@H](OC)[C@@H](O[C@H]4[C@@H](O)[C@H](OC)[C@@H](O[C@H]5[C@H](O)[C@H](OC)[C@@H](O[C@H]6[C@H](O)[C@@H](OC)[C@@H](O[C@H]7[C@H](O)[C@@H](OC)[C@@H](O[C@H]8[C@H](O)[C@@H](OC)[C@@H](O[C@H]1[C@H](O)[C@H]2OC)O[C@H]8COC)O[C@H]7COC)O[C@@H]6COC)O[C@@H]5COC)O[C@@H]4COC)O[C@H]3COC.O=C1NCCOCCOCCOCCOCc2ccc(cc2)-c2ccc(cc2)COCCOCCOCCOCCNC(=O)c2ccc1cc2. The first-order chi connectivity index (χ1) is 68.6. The van der Waals surface area contributed by atoms with E-state index in [1.165, 1.54) is 99.5 Å². The molecule has 0 radical (unpaired) electrons. The van der Waals surface area contributed by atoms with Crippen LogP contribution in [0.2, 0.25) is 0 Å². The number of hydrogen-bond donors (Lipinski definition) is 9. The van der Waals surface area contributed by atoms with Crippen molar-refractivity contribution in [1.82, 2.24) is 10.6 Å². The Morgan fingerprint density at radius 1 is 0.227 bits per heavy atom. The van der Waals surface area contributed by atoms with Gasteiger partial charge in [0, 0.05) is 124 Å². The third-order valence-corrected chi connectivity index (χ3v) is 25.1. The zero-order valence-corrected chi connectivity index (χ0v) is 82.5. The van der Waals surface area contributed by atoms with Crippen molar-refractivity contribution < 1.29 is 216 Å². The van der Waals surface area contributed by atoms with Crippen LogP contribution >= 0.6 is 0 Å². The molecular weight excluding hydrogens is 1880 g/mol. The average Bonchev–Trinajstić information content (AvgIpc) is 0.879. The number of hydrogen-bond acceptors (Lipinski definition) is 45. The van der Waals surface area contributed by atoms with E-state index in [1.54, 1.807) is 24.3 Å². The molecule has 27 heterocycles. The molecule has 141 heavy (non-hydrogen) atoms. The van der Waals surface area contributed by atoms with E-state index in [0.29, 0.717) is 130 Å². The Bertz CT molecular complexity index is 3420. The predicted molar refractivity (Wildman–Crippen MR) is 483 cm³/mol. The fourth-order valence-corrected chi connectivity index (χ4v) is 17.9. The molecule has 21 saturated heterocycles. The van der Waals surface area contributed by atoms with Gasteiger partial charge in [-0.05, 0) is 46.5 Å². The molecule has 35 atom stereocenters. The molecule has 0 aromatic heterocycles. The van der Waals surface area contributed by atoms with Crippen LogP contribution in [0.1, 0.15) is 31.8 Å². The fourth-order valence-electron chi connectivity index (χ4n) is 17.9. The Morgan fingerprint density at radius 3 is 0.560 bits per heavy atom. The highest BCUT2D eigenvalue weighted by Crippen LogP contribution is 2.42. The van der Waals surface area contributed by atoms with Crippen molar-refractivity contribution in [3.05, 3.63) is 95.1 Å². The third-order valence-electron chi connectivity index (χ3n) is 25.1.